The molecule has 2 saturated heterocycles. The first-order valence-corrected chi connectivity index (χ1v) is 8.83. The highest BCUT2D eigenvalue weighted by Gasteiger charge is 2.34. The zero-order chi connectivity index (χ0) is 17.6. The van der Waals surface area contributed by atoms with Crippen LogP contribution in [0.4, 0.5) is 0 Å². The van der Waals surface area contributed by atoms with Crippen LogP contribution in [0.1, 0.15) is 38.1 Å². The van der Waals surface area contributed by atoms with Crippen LogP contribution in [-0.4, -0.2) is 27.1 Å². The smallest absolute Gasteiger partial charge is 0.332 e. The molecule has 25 heavy (non-hydrogen) atoms. The van der Waals surface area contributed by atoms with E-state index >= 15 is 0 Å². The molecule has 132 valence electrons. The van der Waals surface area contributed by atoms with Crippen LogP contribution >= 0.6 is 0 Å². The Morgan fingerprint density at radius 2 is 1.84 bits per heavy atom. The van der Waals surface area contributed by atoms with E-state index in [2.05, 4.69) is 5.32 Å². The monoisotopic (exact) mass is 342 g/mol. The lowest BCUT2D eigenvalue weighted by Crippen LogP contribution is -2.53. The van der Waals surface area contributed by atoms with Crippen LogP contribution in [-0.2, 0) is 11.3 Å². The van der Waals surface area contributed by atoms with E-state index in [4.69, 9.17) is 5.73 Å². The summed E-state index contributed by atoms with van der Waals surface area (Å²) in [4.78, 5) is 37.5. The number of nitrogens with one attached hydrogen (secondary N) is 1. The Labute approximate surface area is 144 Å². The largest absolute Gasteiger partial charge is 0.368 e. The van der Waals surface area contributed by atoms with Crippen LogP contribution in [0, 0.1) is 0 Å². The Hall–Kier alpha value is -2.41. The Morgan fingerprint density at radius 1 is 1.16 bits per heavy atom. The van der Waals surface area contributed by atoms with Crippen molar-refractivity contribution in [2.45, 2.75) is 56.8 Å². The fraction of sp³-hybridized carbons (Fsp3) is 0.500. The average molecular weight is 342 g/mol. The van der Waals surface area contributed by atoms with Crippen LogP contribution in [0.15, 0.2) is 33.9 Å². The minimum Gasteiger partial charge on any atom is -0.368 e. The standard InChI is InChI=1S/C18H22N4O3/c19-16(23)10-21-15-7-2-1-6-14(15)17(24)22(18(21)25)13-8-11-4-3-5-12(9-13)20-11/h1-2,6-7,11-13,20H,3-5,8-10H2,(H2,19,23)/t11-,12?,13?/m1/s1. The van der Waals surface area contributed by atoms with Crippen molar-refractivity contribution in [1.29, 1.82) is 0 Å². The molecule has 2 aromatic rings. The van der Waals surface area contributed by atoms with Crippen LogP contribution in [0.2, 0.25) is 0 Å². The molecule has 2 fully saturated rings. The fourth-order valence-corrected chi connectivity index (χ4v) is 4.42. The van der Waals surface area contributed by atoms with Gasteiger partial charge in [0.25, 0.3) is 5.56 Å². The number of carbonyl (C=O) groups excluding carboxylic acids is 1. The van der Waals surface area contributed by atoms with Crippen molar-refractivity contribution < 1.29 is 4.79 Å². The molecule has 7 nitrogen and oxygen atoms in total. The molecule has 3 heterocycles. The maximum absolute atomic E-state index is 13.1. The molecule has 0 aliphatic carbocycles. The zero-order valence-corrected chi connectivity index (χ0v) is 14.0. The number of benzene rings is 1. The summed E-state index contributed by atoms with van der Waals surface area (Å²) in [5.74, 6) is -0.598. The molecule has 1 aromatic carbocycles. The maximum Gasteiger partial charge on any atom is 0.332 e. The van der Waals surface area contributed by atoms with Gasteiger partial charge in [0.1, 0.15) is 6.54 Å². The third kappa shape index (κ3) is 2.78. The summed E-state index contributed by atoms with van der Waals surface area (Å²) in [6.45, 7) is -0.225. The predicted octanol–water partition coefficient (Wildman–Crippen LogP) is 0.494. The summed E-state index contributed by atoms with van der Waals surface area (Å²) in [6.07, 6.45) is 4.87. The van der Waals surface area contributed by atoms with Crippen LogP contribution in [0.5, 0.6) is 0 Å². The highest BCUT2D eigenvalue weighted by Crippen LogP contribution is 2.31. The molecule has 1 aromatic heterocycles. The number of para-hydroxylation sites is 1. The number of piperidine rings is 2. The highest BCUT2D eigenvalue weighted by molar-refractivity contribution is 5.80. The molecule has 3 N–H and O–H groups in total. The van der Waals surface area contributed by atoms with Gasteiger partial charge >= 0.3 is 5.69 Å². The van der Waals surface area contributed by atoms with Crippen molar-refractivity contribution >= 4 is 16.8 Å². The number of hydrogen-bond donors (Lipinski definition) is 2. The molecule has 1 amide bonds. The first-order chi connectivity index (χ1) is 12.0. The molecule has 7 heteroatoms. The molecule has 0 spiro atoms. The first kappa shape index (κ1) is 16.1. The predicted molar refractivity (Wildman–Crippen MR) is 94.5 cm³/mol. The molecule has 0 saturated carbocycles. The SMILES string of the molecule is NC(=O)Cn1c(=O)n(C2CC3CCC[C@H](C2)N3)c(=O)c2ccccc21. The molecule has 2 bridgehead atoms. The van der Waals surface area contributed by atoms with Crippen LogP contribution in [0.3, 0.4) is 0 Å². The third-order valence-corrected chi connectivity index (χ3v) is 5.45. The number of nitrogens with zero attached hydrogens (tertiary/aromatic N) is 2. The quantitative estimate of drug-likeness (QED) is 0.848. The van der Waals surface area contributed by atoms with E-state index in [0.29, 0.717) is 23.0 Å². The fourth-order valence-electron chi connectivity index (χ4n) is 4.42. The van der Waals surface area contributed by atoms with E-state index in [9.17, 15) is 14.4 Å². The van der Waals surface area contributed by atoms with Crippen molar-refractivity contribution in [3.63, 3.8) is 0 Å². The lowest BCUT2D eigenvalue weighted by Gasteiger charge is -2.40. The van der Waals surface area contributed by atoms with E-state index in [1.54, 1.807) is 24.3 Å². The molecular formula is C18H22N4O3. The first-order valence-electron chi connectivity index (χ1n) is 8.83. The normalized spacial score (nSPS) is 25.8. The Bertz CT molecular complexity index is 933. The summed E-state index contributed by atoms with van der Waals surface area (Å²) < 4.78 is 2.69. The van der Waals surface area contributed by atoms with Crippen LogP contribution in [0.25, 0.3) is 10.9 Å². The number of nitrogens with two attached hydrogens (primary N) is 1. The number of hydrogen-bond acceptors (Lipinski definition) is 4. The molecule has 3 atom stereocenters. The van der Waals surface area contributed by atoms with E-state index in [0.717, 1.165) is 25.7 Å². The van der Waals surface area contributed by atoms with Gasteiger partial charge in [0, 0.05) is 18.1 Å². The Kier molecular flexibility index (Phi) is 3.95. The summed E-state index contributed by atoms with van der Waals surface area (Å²) in [5.41, 5.74) is 5.08. The van der Waals surface area contributed by atoms with Gasteiger partial charge in [-0.25, -0.2) is 4.79 Å². The Balaban J connectivity index is 1.90. The zero-order valence-electron chi connectivity index (χ0n) is 14.0. The number of carbonyl (C=O) groups is 1. The summed E-state index contributed by atoms with van der Waals surface area (Å²) in [6, 6.07) is 7.46. The minimum absolute atomic E-state index is 0.139. The lowest BCUT2D eigenvalue weighted by atomic mass is 9.84. The van der Waals surface area contributed by atoms with Gasteiger partial charge in [-0.1, -0.05) is 18.6 Å². The molecule has 2 unspecified atom stereocenters. The van der Waals surface area contributed by atoms with Crippen molar-refractivity contribution in [2.75, 3.05) is 0 Å². The van der Waals surface area contributed by atoms with Gasteiger partial charge < -0.3 is 11.1 Å². The summed E-state index contributed by atoms with van der Waals surface area (Å²) in [7, 11) is 0. The van der Waals surface area contributed by atoms with Gasteiger partial charge in [0.2, 0.25) is 5.91 Å². The molecule has 2 aliphatic heterocycles. The van der Waals surface area contributed by atoms with E-state index in [1.807, 2.05) is 0 Å². The van der Waals surface area contributed by atoms with Gasteiger partial charge in [0.15, 0.2) is 0 Å². The average Bonchev–Trinajstić information content (AvgIpc) is 2.58. The highest BCUT2D eigenvalue weighted by atomic mass is 16.2. The second kappa shape index (κ2) is 6.15. The third-order valence-electron chi connectivity index (χ3n) is 5.45. The molecule has 2 aliphatic rings. The maximum atomic E-state index is 13.1. The van der Waals surface area contributed by atoms with Crippen molar-refractivity contribution in [2.24, 2.45) is 5.73 Å². The number of amides is 1. The molecule has 0 radical (unpaired) electrons. The van der Waals surface area contributed by atoms with Gasteiger partial charge in [-0.3, -0.25) is 18.7 Å². The van der Waals surface area contributed by atoms with Crippen LogP contribution < -0.4 is 22.3 Å². The van der Waals surface area contributed by atoms with E-state index in [1.165, 1.54) is 15.6 Å². The van der Waals surface area contributed by atoms with Crippen molar-refractivity contribution in [3.8, 4) is 0 Å². The number of rotatable bonds is 3. The number of primary amides is 1. The number of fused-ring (bicyclic) bond motifs is 3. The minimum atomic E-state index is -0.598. The van der Waals surface area contributed by atoms with Gasteiger partial charge in [-0.2, -0.15) is 0 Å². The van der Waals surface area contributed by atoms with Gasteiger partial charge in [-0.05, 0) is 37.8 Å². The Morgan fingerprint density at radius 3 is 2.52 bits per heavy atom. The van der Waals surface area contributed by atoms with Crippen molar-refractivity contribution in [1.82, 2.24) is 14.5 Å². The van der Waals surface area contributed by atoms with E-state index < -0.39 is 11.6 Å². The topological polar surface area (TPSA) is 99.1 Å². The second-order valence-electron chi connectivity index (χ2n) is 7.14. The summed E-state index contributed by atoms with van der Waals surface area (Å²) >= 11 is 0. The van der Waals surface area contributed by atoms with Gasteiger partial charge in [-0.15, -0.1) is 0 Å². The van der Waals surface area contributed by atoms with Crippen molar-refractivity contribution in [3.05, 3.63) is 45.1 Å². The molecule has 4 rings (SSSR count). The molecular weight excluding hydrogens is 320 g/mol. The lowest BCUT2D eigenvalue weighted by molar-refractivity contribution is -0.118. The summed E-state index contributed by atoms with van der Waals surface area (Å²) in [5, 5.41) is 4.03. The number of aromatic nitrogens is 2. The van der Waals surface area contributed by atoms with Gasteiger partial charge in [0.05, 0.1) is 10.9 Å². The second-order valence-corrected chi connectivity index (χ2v) is 7.14. The van der Waals surface area contributed by atoms with E-state index in [-0.39, 0.29) is 18.1 Å².